The van der Waals surface area contributed by atoms with Crippen molar-refractivity contribution in [2.45, 2.75) is 121 Å². The van der Waals surface area contributed by atoms with Crippen molar-refractivity contribution in [3.63, 3.8) is 0 Å². The highest BCUT2D eigenvalue weighted by Gasteiger charge is 2.37. The molecule has 334 valence electrons. The van der Waals surface area contributed by atoms with Crippen LogP contribution in [0, 0.1) is 5.92 Å². The maximum absolute atomic E-state index is 14.4. The predicted octanol–water partition coefficient (Wildman–Crippen LogP) is 0.615. The van der Waals surface area contributed by atoms with Crippen LogP contribution < -0.4 is 43.4 Å². The Morgan fingerprint density at radius 1 is 0.852 bits per heavy atom. The van der Waals surface area contributed by atoms with Crippen LogP contribution in [0.4, 0.5) is 4.79 Å². The van der Waals surface area contributed by atoms with E-state index in [9.17, 15) is 43.5 Å². The molecule has 8 amide bonds. The molecule has 2 aromatic rings. The van der Waals surface area contributed by atoms with E-state index in [-0.39, 0.29) is 38.6 Å². The standard InChI is InChI=1S/C43H63N9O9/c1-4-27(2)36-40(57)47-31(22-21-28-15-7-5-8-16-28)41(58)52(3)34(26-35(45)53)39(56)48-33(25-29-17-9-6-10-18-29)37(54)46-24-14-12-19-30(38(55)51-36)49-43(61)50-32(42(59)60)20-11-13-23-44/h5-10,15-18,27,30-34,36H,4,11-14,19-26,44H2,1-3H3,(H2,45,53)(H,46,54)(H,47,57)(H,48,56)(H,51,55)(H,59,60)(H2,49,50,61). The monoisotopic (exact) mass is 849 g/mol. The third-order valence-corrected chi connectivity index (χ3v) is 10.8. The largest absolute Gasteiger partial charge is 0.480 e. The SMILES string of the molecule is CCC(C)C1NC(=O)C(NC(=O)NC(CCCCN)C(=O)O)CCCCNC(=O)C(Cc2ccccc2)NC(=O)C(CC(N)=O)N(C)C(=O)C(CCc2ccccc2)NC1=O. The van der Waals surface area contributed by atoms with E-state index in [1.54, 1.807) is 37.3 Å². The lowest BCUT2D eigenvalue weighted by atomic mass is 9.96. The number of benzene rings is 2. The molecule has 7 atom stereocenters. The van der Waals surface area contributed by atoms with Gasteiger partial charge in [0.15, 0.2) is 0 Å². The summed E-state index contributed by atoms with van der Waals surface area (Å²) in [7, 11) is 1.31. The fourth-order valence-corrected chi connectivity index (χ4v) is 6.94. The van der Waals surface area contributed by atoms with Crippen LogP contribution in [0.15, 0.2) is 60.7 Å². The number of nitrogens with one attached hydrogen (secondary N) is 6. The fourth-order valence-electron chi connectivity index (χ4n) is 6.94. The molecule has 7 unspecified atom stereocenters. The molecule has 18 heteroatoms. The lowest BCUT2D eigenvalue weighted by molar-refractivity contribution is -0.144. The second kappa shape index (κ2) is 25.6. The minimum absolute atomic E-state index is 0.0385. The van der Waals surface area contributed by atoms with Crippen molar-refractivity contribution in [3.05, 3.63) is 71.8 Å². The van der Waals surface area contributed by atoms with Gasteiger partial charge in [0, 0.05) is 20.0 Å². The Bertz CT molecular complexity index is 1780. The summed E-state index contributed by atoms with van der Waals surface area (Å²) < 4.78 is 0. The van der Waals surface area contributed by atoms with Crippen molar-refractivity contribution in [2.24, 2.45) is 17.4 Å². The number of carboxylic acids is 1. The third kappa shape index (κ3) is 16.5. The Labute approximate surface area is 357 Å². The normalized spacial score (nSPS) is 22.1. The summed E-state index contributed by atoms with van der Waals surface area (Å²) in [6.07, 6.45) is 2.05. The van der Waals surface area contributed by atoms with Gasteiger partial charge < -0.3 is 53.4 Å². The number of carboxylic acid groups (broad SMARTS) is 1. The summed E-state index contributed by atoms with van der Waals surface area (Å²) in [5.74, 6) is -6.12. The van der Waals surface area contributed by atoms with Gasteiger partial charge in [-0.3, -0.25) is 28.8 Å². The summed E-state index contributed by atoms with van der Waals surface area (Å²) in [4.78, 5) is 109. The number of amides is 8. The molecular formula is C43H63N9O9. The number of hydrogen-bond donors (Lipinski definition) is 9. The smallest absolute Gasteiger partial charge is 0.326 e. The first kappa shape index (κ1) is 49.3. The van der Waals surface area contributed by atoms with Crippen molar-refractivity contribution in [2.75, 3.05) is 20.1 Å². The number of aliphatic carboxylic acids is 1. The van der Waals surface area contributed by atoms with E-state index in [0.717, 1.165) is 16.0 Å². The van der Waals surface area contributed by atoms with E-state index in [0.29, 0.717) is 38.6 Å². The highest BCUT2D eigenvalue weighted by molar-refractivity contribution is 5.98. The van der Waals surface area contributed by atoms with Gasteiger partial charge in [-0.2, -0.15) is 0 Å². The van der Waals surface area contributed by atoms with E-state index in [1.807, 2.05) is 37.3 Å². The van der Waals surface area contributed by atoms with Crippen LogP contribution in [0.25, 0.3) is 0 Å². The van der Waals surface area contributed by atoms with Crippen LogP contribution in [0.2, 0.25) is 0 Å². The van der Waals surface area contributed by atoms with Crippen LogP contribution in [-0.4, -0.2) is 114 Å². The van der Waals surface area contributed by atoms with Gasteiger partial charge in [-0.15, -0.1) is 0 Å². The number of likely N-dealkylation sites (N-methyl/N-ethyl adjacent to an activating group) is 1. The Morgan fingerprint density at radius 3 is 2.10 bits per heavy atom. The summed E-state index contributed by atoms with van der Waals surface area (Å²) in [5, 5.41) is 25.8. The second-order valence-corrected chi connectivity index (χ2v) is 15.5. The topological polar surface area (TPSA) is 284 Å². The van der Waals surface area contributed by atoms with E-state index in [1.165, 1.54) is 7.05 Å². The number of primary amides is 1. The van der Waals surface area contributed by atoms with Gasteiger partial charge in [0.2, 0.25) is 35.4 Å². The quantitative estimate of drug-likeness (QED) is 0.106. The Balaban J connectivity index is 2.05. The molecule has 1 aliphatic rings. The maximum Gasteiger partial charge on any atom is 0.326 e. The highest BCUT2D eigenvalue weighted by Crippen LogP contribution is 2.16. The van der Waals surface area contributed by atoms with Gasteiger partial charge in [0.05, 0.1) is 6.42 Å². The number of hydrogen-bond acceptors (Lipinski definition) is 9. The second-order valence-electron chi connectivity index (χ2n) is 15.5. The van der Waals surface area contributed by atoms with Gasteiger partial charge in [-0.25, -0.2) is 9.59 Å². The summed E-state index contributed by atoms with van der Waals surface area (Å²) in [6.45, 7) is 4.01. The minimum atomic E-state index is -1.46. The van der Waals surface area contributed by atoms with Crippen LogP contribution >= 0.6 is 0 Å². The van der Waals surface area contributed by atoms with Crippen LogP contribution in [-0.2, 0) is 46.4 Å². The molecule has 1 fully saturated rings. The predicted molar refractivity (Wildman–Crippen MR) is 227 cm³/mol. The lowest BCUT2D eigenvalue weighted by Gasteiger charge is -2.33. The van der Waals surface area contributed by atoms with Crippen LogP contribution in [0.5, 0.6) is 0 Å². The number of nitrogens with two attached hydrogens (primary N) is 2. The number of carbonyl (C=O) groups excluding carboxylic acids is 7. The molecule has 0 radical (unpaired) electrons. The first-order valence-electron chi connectivity index (χ1n) is 21.0. The zero-order valence-electron chi connectivity index (χ0n) is 35.3. The molecule has 1 saturated heterocycles. The molecule has 11 N–H and O–H groups in total. The average molecular weight is 850 g/mol. The van der Waals surface area contributed by atoms with Gasteiger partial charge in [0.1, 0.15) is 36.3 Å². The number of rotatable bonds is 16. The number of aryl methyl sites for hydroxylation is 1. The zero-order chi connectivity index (χ0) is 44.9. The Kier molecular flexibility index (Phi) is 20.7. The van der Waals surface area contributed by atoms with Crippen molar-refractivity contribution in [3.8, 4) is 0 Å². The van der Waals surface area contributed by atoms with Gasteiger partial charge in [-0.1, -0.05) is 80.9 Å². The van der Waals surface area contributed by atoms with E-state index in [2.05, 4.69) is 31.9 Å². The summed E-state index contributed by atoms with van der Waals surface area (Å²) in [5.41, 5.74) is 12.7. The molecule has 2 aromatic carbocycles. The number of carbonyl (C=O) groups is 8. The third-order valence-electron chi connectivity index (χ3n) is 10.8. The number of urea groups is 1. The molecule has 0 bridgehead atoms. The molecule has 0 spiro atoms. The first-order valence-corrected chi connectivity index (χ1v) is 21.0. The highest BCUT2D eigenvalue weighted by atomic mass is 16.4. The summed E-state index contributed by atoms with van der Waals surface area (Å²) >= 11 is 0. The van der Waals surface area contributed by atoms with Crippen molar-refractivity contribution in [1.29, 1.82) is 0 Å². The molecule has 61 heavy (non-hydrogen) atoms. The van der Waals surface area contributed by atoms with Gasteiger partial charge in [0.25, 0.3) is 0 Å². The average Bonchev–Trinajstić information content (AvgIpc) is 3.24. The van der Waals surface area contributed by atoms with Crippen molar-refractivity contribution < 1.29 is 43.5 Å². The molecule has 1 aliphatic heterocycles. The van der Waals surface area contributed by atoms with E-state index in [4.69, 9.17) is 11.5 Å². The number of nitrogens with zero attached hydrogens (tertiary/aromatic N) is 1. The van der Waals surface area contributed by atoms with Crippen molar-refractivity contribution >= 4 is 47.4 Å². The van der Waals surface area contributed by atoms with Crippen LogP contribution in [0.1, 0.15) is 82.8 Å². The van der Waals surface area contributed by atoms with Crippen molar-refractivity contribution in [1.82, 2.24) is 36.8 Å². The molecule has 3 rings (SSSR count). The molecule has 18 nitrogen and oxygen atoms in total. The van der Waals surface area contributed by atoms with E-state index >= 15 is 0 Å². The van der Waals surface area contributed by atoms with Gasteiger partial charge in [-0.05, 0) is 75.0 Å². The Morgan fingerprint density at radius 2 is 1.49 bits per heavy atom. The molecular weight excluding hydrogens is 787 g/mol. The molecule has 1 heterocycles. The molecule has 0 aliphatic carbocycles. The van der Waals surface area contributed by atoms with Crippen LogP contribution in [0.3, 0.4) is 0 Å². The van der Waals surface area contributed by atoms with Gasteiger partial charge >= 0.3 is 12.0 Å². The lowest BCUT2D eigenvalue weighted by Crippen LogP contribution is -2.61. The summed E-state index contributed by atoms with van der Waals surface area (Å²) in [6, 6.07) is 9.66. The first-order chi connectivity index (χ1) is 29.1. The molecule has 0 aromatic heterocycles. The zero-order valence-corrected chi connectivity index (χ0v) is 35.3. The van der Waals surface area contributed by atoms with E-state index < -0.39 is 96.0 Å². The minimum Gasteiger partial charge on any atom is -0.480 e. The molecule has 0 saturated carbocycles. The fraction of sp³-hybridized carbons (Fsp3) is 0.535. The Hall–Kier alpha value is -6.04. The number of unbranched alkanes of at least 4 members (excludes halogenated alkanes) is 1. The maximum atomic E-state index is 14.4.